The Bertz CT molecular complexity index is 1660. The lowest BCUT2D eigenvalue weighted by atomic mass is 9.86. The van der Waals surface area contributed by atoms with Gasteiger partial charge in [-0.3, -0.25) is 0 Å². The SMILES string of the molecule is CC[Si](CC)[Si](C1C(C)=Cc2c(-c3ccc(C(C)(C)C)cc3)cccc21)C1C(C)=Cc2c(-c3ccc(C(C)(C)C)cc3)cccc21. The molecule has 2 heteroatoms. The Morgan fingerprint density at radius 1 is 0.522 bits per heavy atom. The van der Waals surface area contributed by atoms with Gasteiger partial charge in [0.1, 0.15) is 0 Å². The summed E-state index contributed by atoms with van der Waals surface area (Å²) in [4.78, 5) is 0. The lowest BCUT2D eigenvalue weighted by molar-refractivity contribution is 0.590. The van der Waals surface area contributed by atoms with Gasteiger partial charge in [0.25, 0.3) is 0 Å². The highest BCUT2D eigenvalue weighted by atomic mass is 29.2. The molecule has 0 spiro atoms. The molecular weight excluding hydrogens is 585 g/mol. The van der Waals surface area contributed by atoms with Crippen LogP contribution in [0.5, 0.6) is 0 Å². The maximum atomic E-state index is 2.56. The Morgan fingerprint density at radius 3 is 1.22 bits per heavy atom. The molecule has 4 aromatic carbocycles. The van der Waals surface area contributed by atoms with Gasteiger partial charge in [0.2, 0.25) is 0 Å². The molecule has 0 aliphatic heterocycles. The average molecular weight is 637 g/mol. The smallest absolute Gasteiger partial charge is 0.0655 e. The summed E-state index contributed by atoms with van der Waals surface area (Å²) < 4.78 is 0. The van der Waals surface area contributed by atoms with Gasteiger partial charge in [-0.05, 0) is 91.4 Å². The Labute approximate surface area is 282 Å². The van der Waals surface area contributed by atoms with Crippen molar-refractivity contribution in [3.63, 3.8) is 0 Å². The van der Waals surface area contributed by atoms with E-state index in [1.165, 1.54) is 56.6 Å². The summed E-state index contributed by atoms with van der Waals surface area (Å²) in [5.41, 5.74) is 19.0. The standard InChI is InChI=1S/C44H52Si2/c1-11-45(12-2)46(41-29(3)27-39-35(15-13-17-37(39)41)31-19-23-33(24-20-31)43(5,6)7)42-30(4)28-40-36(16-14-18-38(40)42)32-21-25-34(26-22-32)44(8,9)10/h13-28,41-42H,11-12H2,1-10H3. The monoisotopic (exact) mass is 636 g/mol. The topological polar surface area (TPSA) is 0 Å². The van der Waals surface area contributed by atoms with Gasteiger partial charge in [-0.2, -0.15) is 0 Å². The lowest BCUT2D eigenvalue weighted by Gasteiger charge is -2.36. The van der Waals surface area contributed by atoms with Gasteiger partial charge in [-0.1, -0.05) is 176 Å². The zero-order valence-electron chi connectivity index (χ0n) is 29.8. The molecule has 0 aromatic heterocycles. The van der Waals surface area contributed by atoms with Crippen LogP contribution in [0, 0.1) is 0 Å². The first-order chi connectivity index (χ1) is 21.8. The summed E-state index contributed by atoms with van der Waals surface area (Å²) in [6, 6.07) is 35.7. The summed E-state index contributed by atoms with van der Waals surface area (Å²) >= 11 is 0. The molecule has 4 aromatic rings. The molecular formula is C44H52Si2. The summed E-state index contributed by atoms with van der Waals surface area (Å²) in [5, 5.41) is 0. The predicted octanol–water partition coefficient (Wildman–Crippen LogP) is 12.5. The third-order valence-corrected chi connectivity index (χ3v) is 22.2. The molecule has 2 atom stereocenters. The first-order valence-corrected chi connectivity index (χ1v) is 22.0. The van der Waals surface area contributed by atoms with E-state index < -0.39 is 16.6 Å². The summed E-state index contributed by atoms with van der Waals surface area (Å²) in [6.45, 7) is 23.6. The van der Waals surface area contributed by atoms with Gasteiger partial charge in [-0.25, -0.2) is 0 Å². The zero-order valence-corrected chi connectivity index (χ0v) is 31.8. The number of fused-ring (bicyclic) bond motifs is 2. The molecule has 46 heavy (non-hydrogen) atoms. The molecule has 0 fully saturated rings. The molecule has 2 aliphatic rings. The first kappa shape index (κ1) is 32.7. The van der Waals surface area contributed by atoms with Gasteiger partial charge >= 0.3 is 0 Å². The quantitative estimate of drug-likeness (QED) is 0.177. The maximum Gasteiger partial charge on any atom is 0.0655 e. The molecule has 236 valence electrons. The van der Waals surface area contributed by atoms with Gasteiger partial charge in [0.15, 0.2) is 0 Å². The molecule has 0 N–H and O–H groups in total. The third-order valence-electron chi connectivity index (χ3n) is 10.6. The van der Waals surface area contributed by atoms with Crippen LogP contribution in [0.25, 0.3) is 34.4 Å². The van der Waals surface area contributed by atoms with Crippen LogP contribution in [0.3, 0.4) is 0 Å². The second-order valence-electron chi connectivity index (χ2n) is 15.7. The Kier molecular flexibility index (Phi) is 8.84. The molecule has 0 heterocycles. The van der Waals surface area contributed by atoms with Gasteiger partial charge in [0, 0.05) is 8.31 Å². The van der Waals surface area contributed by atoms with E-state index in [0.29, 0.717) is 11.1 Å². The highest BCUT2D eigenvalue weighted by Gasteiger charge is 2.44. The van der Waals surface area contributed by atoms with Crippen molar-refractivity contribution in [2.24, 2.45) is 0 Å². The van der Waals surface area contributed by atoms with E-state index in [1.807, 2.05) is 0 Å². The van der Waals surface area contributed by atoms with E-state index in [-0.39, 0.29) is 10.8 Å². The fourth-order valence-electron chi connectivity index (χ4n) is 7.97. The Balaban J connectivity index is 1.43. The van der Waals surface area contributed by atoms with Crippen LogP contribution in [0.4, 0.5) is 0 Å². The van der Waals surface area contributed by atoms with Crippen molar-refractivity contribution in [1.29, 1.82) is 0 Å². The van der Waals surface area contributed by atoms with Crippen molar-refractivity contribution in [3.8, 4) is 22.3 Å². The van der Waals surface area contributed by atoms with Crippen molar-refractivity contribution in [3.05, 3.63) is 129 Å². The highest BCUT2D eigenvalue weighted by Crippen LogP contribution is 2.51. The second kappa shape index (κ2) is 12.4. The molecule has 0 nitrogen and oxygen atoms in total. The van der Waals surface area contributed by atoms with E-state index in [9.17, 15) is 0 Å². The van der Waals surface area contributed by atoms with E-state index in [1.54, 1.807) is 22.3 Å². The first-order valence-electron chi connectivity index (χ1n) is 17.4. The fourth-order valence-corrected chi connectivity index (χ4v) is 20.0. The Morgan fingerprint density at radius 2 is 0.891 bits per heavy atom. The van der Waals surface area contributed by atoms with Gasteiger partial charge in [-0.15, -0.1) is 0 Å². The maximum absolute atomic E-state index is 2.56. The van der Waals surface area contributed by atoms with Crippen molar-refractivity contribution in [2.45, 2.75) is 103 Å². The van der Waals surface area contributed by atoms with Gasteiger partial charge in [0.05, 0.1) is 8.31 Å². The summed E-state index contributed by atoms with van der Waals surface area (Å²) in [5.74, 6) is 0. The molecule has 0 saturated heterocycles. The van der Waals surface area contributed by atoms with Crippen molar-refractivity contribution < 1.29 is 0 Å². The van der Waals surface area contributed by atoms with Crippen LogP contribution in [0.1, 0.15) is 114 Å². The van der Waals surface area contributed by atoms with Crippen molar-refractivity contribution in [2.75, 3.05) is 0 Å². The third kappa shape index (κ3) is 5.88. The largest absolute Gasteiger partial charge is 0.0684 e. The normalized spacial score (nSPS) is 17.7. The van der Waals surface area contributed by atoms with Crippen LogP contribution in [0.2, 0.25) is 12.1 Å². The van der Waals surface area contributed by atoms with Crippen LogP contribution < -0.4 is 0 Å². The average Bonchev–Trinajstić information content (AvgIpc) is 3.54. The number of benzene rings is 4. The van der Waals surface area contributed by atoms with Crippen LogP contribution in [0.15, 0.2) is 96.1 Å². The number of hydrogen-bond donors (Lipinski definition) is 0. The minimum Gasteiger partial charge on any atom is -0.0684 e. The van der Waals surface area contributed by atoms with Crippen LogP contribution in [-0.2, 0) is 10.8 Å². The fraction of sp³-hybridized carbons (Fsp3) is 0.364. The molecule has 0 bridgehead atoms. The molecule has 6 rings (SSSR count). The number of allylic oxidation sites excluding steroid dienone is 2. The minimum absolute atomic E-state index is 0.160. The Hall–Kier alpha value is -3.21. The molecule has 2 aliphatic carbocycles. The minimum atomic E-state index is -0.843. The lowest BCUT2D eigenvalue weighted by Crippen LogP contribution is -2.45. The summed E-state index contributed by atoms with van der Waals surface area (Å²) in [7, 11) is -1.40. The van der Waals surface area contributed by atoms with E-state index in [2.05, 4.69) is 166 Å². The predicted molar refractivity (Wildman–Crippen MR) is 206 cm³/mol. The van der Waals surface area contributed by atoms with Crippen LogP contribution in [-0.4, -0.2) is 16.6 Å². The highest BCUT2D eigenvalue weighted by molar-refractivity contribution is 7.24. The van der Waals surface area contributed by atoms with E-state index in [4.69, 9.17) is 0 Å². The van der Waals surface area contributed by atoms with Crippen molar-refractivity contribution >= 4 is 28.8 Å². The molecule has 2 radical (unpaired) electrons. The molecule has 0 saturated carbocycles. The second-order valence-corrected chi connectivity index (χ2v) is 24.2. The number of rotatable bonds is 7. The summed E-state index contributed by atoms with van der Waals surface area (Å²) in [6.07, 6.45) is 5.12. The van der Waals surface area contributed by atoms with Crippen molar-refractivity contribution in [1.82, 2.24) is 0 Å². The van der Waals surface area contributed by atoms with Crippen LogP contribution >= 0.6 is 0 Å². The molecule has 2 unspecified atom stereocenters. The van der Waals surface area contributed by atoms with E-state index >= 15 is 0 Å². The molecule has 0 amide bonds. The number of hydrogen-bond acceptors (Lipinski definition) is 0. The van der Waals surface area contributed by atoms with Gasteiger partial charge < -0.3 is 0 Å². The van der Waals surface area contributed by atoms with E-state index in [0.717, 1.165) is 0 Å². The zero-order chi connectivity index (χ0) is 33.0.